The summed E-state index contributed by atoms with van der Waals surface area (Å²) in [4.78, 5) is 11.8. The minimum atomic E-state index is -0.312. The Morgan fingerprint density at radius 1 is 1.12 bits per heavy atom. The van der Waals surface area contributed by atoms with E-state index in [2.05, 4.69) is 7.05 Å². The van der Waals surface area contributed by atoms with E-state index in [0.717, 1.165) is 0 Å². The van der Waals surface area contributed by atoms with Gasteiger partial charge in [0.2, 0.25) is 0 Å². The maximum Gasteiger partial charge on any atom is 0.337 e. The fourth-order valence-corrected chi connectivity index (χ4v) is 4.37. The summed E-state index contributed by atoms with van der Waals surface area (Å²) in [5, 5.41) is 0. The lowest BCUT2D eigenvalue weighted by Crippen LogP contribution is -3.00. The van der Waals surface area contributed by atoms with Crippen LogP contribution >= 0.6 is 0 Å². The Labute approximate surface area is 162 Å². The fraction of sp³-hybridized carbons (Fsp3) is 0.632. The highest BCUT2D eigenvalue weighted by atomic mass is 127. The number of halogens is 1. The Bertz CT molecular complexity index is 521. The summed E-state index contributed by atoms with van der Waals surface area (Å²) in [7, 11) is 2.40. The first-order chi connectivity index (χ1) is 11.2. The molecule has 134 valence electrons. The van der Waals surface area contributed by atoms with Gasteiger partial charge in [0.25, 0.3) is 0 Å². The fourth-order valence-electron chi connectivity index (χ4n) is 4.37. The predicted molar refractivity (Wildman–Crippen MR) is 89.2 cm³/mol. The van der Waals surface area contributed by atoms with Gasteiger partial charge in [-0.25, -0.2) is 4.79 Å². The van der Waals surface area contributed by atoms with Gasteiger partial charge in [0.05, 0.1) is 32.8 Å². The number of carbonyl (C=O) groups is 1. The molecule has 2 aliphatic heterocycles. The van der Waals surface area contributed by atoms with E-state index in [9.17, 15) is 4.79 Å². The number of ether oxygens (including phenoxy) is 2. The summed E-state index contributed by atoms with van der Waals surface area (Å²) in [6, 6.07) is 9.88. The highest BCUT2D eigenvalue weighted by Crippen LogP contribution is 2.36. The van der Waals surface area contributed by atoms with Crippen LogP contribution in [0.1, 0.15) is 32.1 Å². The molecule has 1 aromatic rings. The van der Waals surface area contributed by atoms with Crippen LogP contribution in [0.5, 0.6) is 5.75 Å². The quantitative estimate of drug-likeness (QED) is 0.278. The molecule has 0 saturated carbocycles. The summed E-state index contributed by atoms with van der Waals surface area (Å²) in [5.41, 5.74) is 0. The number of fused-ring (bicyclic) bond motifs is 1. The van der Waals surface area contributed by atoms with E-state index in [-0.39, 0.29) is 36.6 Å². The lowest BCUT2D eigenvalue weighted by atomic mass is 9.82. The first kappa shape index (κ1) is 19.7. The van der Waals surface area contributed by atoms with Gasteiger partial charge in [-0.05, 0) is 37.8 Å². The van der Waals surface area contributed by atoms with E-state index in [0.29, 0.717) is 24.3 Å². The zero-order chi connectivity index (χ0) is 16.1. The number of piperidine rings is 2. The second kappa shape index (κ2) is 9.15. The van der Waals surface area contributed by atoms with Crippen LogP contribution in [0.3, 0.4) is 0 Å². The summed E-state index contributed by atoms with van der Waals surface area (Å²) in [6.45, 7) is 3.33. The van der Waals surface area contributed by atoms with Gasteiger partial charge in [0.15, 0.2) is 0 Å². The number of benzene rings is 1. The topological polar surface area (TPSA) is 35.5 Å². The van der Waals surface area contributed by atoms with Crippen LogP contribution in [-0.4, -0.2) is 49.8 Å². The molecule has 24 heavy (non-hydrogen) atoms. The third kappa shape index (κ3) is 4.92. The summed E-state index contributed by atoms with van der Waals surface area (Å²) in [5.74, 6) is 0.849. The van der Waals surface area contributed by atoms with Crippen molar-refractivity contribution < 1.29 is 42.7 Å². The number of carbonyl (C=O) groups excluding carboxylic acids is 1. The van der Waals surface area contributed by atoms with Gasteiger partial charge in [-0.15, -0.1) is 0 Å². The minimum Gasteiger partial charge on any atom is -1.00 e. The van der Waals surface area contributed by atoms with Crippen molar-refractivity contribution in [2.24, 2.45) is 5.92 Å². The Morgan fingerprint density at radius 3 is 2.67 bits per heavy atom. The number of rotatable bonds is 5. The number of para-hydroxylation sites is 1. The van der Waals surface area contributed by atoms with Crippen LogP contribution in [-0.2, 0) is 9.53 Å². The van der Waals surface area contributed by atoms with Crippen LogP contribution in [0.2, 0.25) is 0 Å². The van der Waals surface area contributed by atoms with Crippen molar-refractivity contribution in [1.82, 2.24) is 0 Å². The number of nitrogens with zero attached hydrogens (tertiary/aromatic N) is 1. The van der Waals surface area contributed by atoms with Crippen molar-refractivity contribution in [2.75, 3.05) is 33.4 Å². The molecular weight excluding hydrogens is 417 g/mol. The monoisotopic (exact) mass is 445 g/mol. The molecule has 2 saturated heterocycles. The second-order valence-corrected chi connectivity index (χ2v) is 7.19. The van der Waals surface area contributed by atoms with Gasteiger partial charge in [0.1, 0.15) is 12.4 Å². The molecule has 2 aliphatic rings. The zero-order valence-electron chi connectivity index (χ0n) is 14.5. The van der Waals surface area contributed by atoms with E-state index in [1.807, 2.05) is 18.2 Å². The highest BCUT2D eigenvalue weighted by Gasteiger charge is 2.43. The van der Waals surface area contributed by atoms with E-state index >= 15 is 0 Å². The van der Waals surface area contributed by atoms with Crippen molar-refractivity contribution in [3.63, 3.8) is 0 Å². The maximum atomic E-state index is 11.8. The van der Waals surface area contributed by atoms with E-state index in [4.69, 9.17) is 9.47 Å². The van der Waals surface area contributed by atoms with Crippen LogP contribution in [0, 0.1) is 5.92 Å². The SMILES string of the molecule is C[N+]12CCCCC1C(COCC(=O)Oc1ccccc1)CCC2.[I-]. The van der Waals surface area contributed by atoms with Crippen molar-refractivity contribution in [1.29, 1.82) is 0 Å². The molecule has 0 aromatic heterocycles. The normalized spacial score (nSPS) is 29.2. The third-order valence-corrected chi connectivity index (χ3v) is 5.53. The Morgan fingerprint density at radius 2 is 1.88 bits per heavy atom. The largest absolute Gasteiger partial charge is 1.00 e. The third-order valence-electron chi connectivity index (χ3n) is 5.53. The van der Waals surface area contributed by atoms with Gasteiger partial charge < -0.3 is 37.9 Å². The molecule has 0 bridgehead atoms. The van der Waals surface area contributed by atoms with Gasteiger partial charge in [-0.3, -0.25) is 0 Å². The summed E-state index contributed by atoms with van der Waals surface area (Å²) < 4.78 is 12.2. The zero-order valence-corrected chi connectivity index (χ0v) is 16.6. The Kier molecular flexibility index (Phi) is 7.50. The van der Waals surface area contributed by atoms with Crippen molar-refractivity contribution >= 4 is 5.97 Å². The molecule has 4 nitrogen and oxygen atoms in total. The lowest BCUT2D eigenvalue weighted by molar-refractivity contribution is -0.947. The van der Waals surface area contributed by atoms with E-state index in [1.165, 1.54) is 49.7 Å². The summed E-state index contributed by atoms with van der Waals surface area (Å²) in [6.07, 6.45) is 6.50. The van der Waals surface area contributed by atoms with Gasteiger partial charge in [0, 0.05) is 12.3 Å². The molecule has 5 heteroatoms. The molecule has 2 heterocycles. The molecule has 0 spiro atoms. The molecule has 3 rings (SSSR count). The molecule has 3 atom stereocenters. The molecule has 2 fully saturated rings. The van der Waals surface area contributed by atoms with Crippen molar-refractivity contribution in [3.8, 4) is 5.75 Å². The van der Waals surface area contributed by atoms with Gasteiger partial charge in [-0.1, -0.05) is 18.2 Å². The molecule has 0 aliphatic carbocycles. The molecule has 0 radical (unpaired) electrons. The standard InChI is InChI=1S/C19H28NO3.HI/c1-20-12-6-5-11-18(20)16(8-7-13-20)14-22-15-19(21)23-17-9-3-2-4-10-17;/h2-4,9-10,16,18H,5-8,11-15H2,1H3;1H/q+1;/p-1. The van der Waals surface area contributed by atoms with Crippen molar-refractivity contribution in [3.05, 3.63) is 30.3 Å². The average molecular weight is 445 g/mol. The Hall–Kier alpha value is -0.660. The minimum absolute atomic E-state index is 0. The van der Waals surface area contributed by atoms with E-state index < -0.39 is 0 Å². The number of esters is 1. The highest BCUT2D eigenvalue weighted by molar-refractivity contribution is 5.73. The molecule has 0 N–H and O–H groups in total. The smallest absolute Gasteiger partial charge is 0.337 e. The lowest BCUT2D eigenvalue weighted by Gasteiger charge is -2.51. The maximum absolute atomic E-state index is 11.8. The van der Waals surface area contributed by atoms with Crippen LogP contribution in [0.25, 0.3) is 0 Å². The second-order valence-electron chi connectivity index (χ2n) is 7.19. The number of hydrogen-bond donors (Lipinski definition) is 0. The first-order valence-electron chi connectivity index (χ1n) is 8.85. The molecule has 1 aromatic carbocycles. The predicted octanol–water partition coefficient (Wildman–Crippen LogP) is 0.0217. The van der Waals surface area contributed by atoms with Gasteiger partial charge in [-0.2, -0.15) is 0 Å². The van der Waals surface area contributed by atoms with Crippen molar-refractivity contribution in [2.45, 2.75) is 38.1 Å². The van der Waals surface area contributed by atoms with Gasteiger partial charge >= 0.3 is 5.97 Å². The summed E-state index contributed by atoms with van der Waals surface area (Å²) >= 11 is 0. The number of hydrogen-bond acceptors (Lipinski definition) is 3. The van der Waals surface area contributed by atoms with Crippen LogP contribution < -0.4 is 28.7 Å². The molecule has 0 amide bonds. The van der Waals surface area contributed by atoms with Crippen LogP contribution in [0.15, 0.2) is 30.3 Å². The molecule has 3 unspecified atom stereocenters. The first-order valence-corrected chi connectivity index (χ1v) is 8.85. The average Bonchev–Trinajstić information content (AvgIpc) is 2.55. The van der Waals surface area contributed by atoms with Crippen LogP contribution in [0.4, 0.5) is 0 Å². The molecular formula is C19H28INO3. The van der Waals surface area contributed by atoms with E-state index in [1.54, 1.807) is 12.1 Å². The Balaban J connectivity index is 0.00000208. The number of quaternary nitrogens is 1.